The number of fused-ring (bicyclic) bond motifs is 3. The normalized spacial score (nSPS) is 11.4. The molecule has 0 radical (unpaired) electrons. The van der Waals surface area contributed by atoms with Crippen molar-refractivity contribution in [1.29, 1.82) is 0 Å². The molecular weight excluding hydrogens is 354 g/mol. The molecule has 0 saturated heterocycles. The van der Waals surface area contributed by atoms with Gasteiger partial charge in [0.2, 0.25) is 0 Å². The molecule has 0 aliphatic rings. The summed E-state index contributed by atoms with van der Waals surface area (Å²) in [5.41, 5.74) is 6.72. The molecule has 0 amide bonds. The number of aromatic nitrogens is 1. The number of H-pyrrole nitrogens is 1. The van der Waals surface area contributed by atoms with Gasteiger partial charge in [0, 0.05) is 10.7 Å². The molecule has 0 atom stereocenters. The maximum atomic E-state index is 12.3. The number of nitrogens with one attached hydrogen (secondary N) is 2. The smallest absolute Gasteiger partial charge is 0.256 e. The van der Waals surface area contributed by atoms with Gasteiger partial charge in [-0.2, -0.15) is 0 Å². The summed E-state index contributed by atoms with van der Waals surface area (Å²) in [6, 6.07) is 10.2. The Kier molecular flexibility index (Phi) is 5.10. The molecule has 0 aliphatic heterocycles. The molecule has 3 rings (SSSR count). The van der Waals surface area contributed by atoms with Crippen LogP contribution in [0.25, 0.3) is 21.5 Å². The number of hydrogen-bond acceptors (Lipinski definition) is 3. The van der Waals surface area contributed by atoms with E-state index in [0.29, 0.717) is 6.54 Å². The quantitative estimate of drug-likeness (QED) is 0.459. The van der Waals surface area contributed by atoms with Crippen molar-refractivity contribution in [3.63, 3.8) is 0 Å². The molecule has 3 aromatic rings. The molecule has 0 saturated carbocycles. The maximum absolute atomic E-state index is 12.3. The summed E-state index contributed by atoms with van der Waals surface area (Å²) in [5.74, 6) is 0. The van der Waals surface area contributed by atoms with Crippen LogP contribution in [0.5, 0.6) is 0 Å². The summed E-state index contributed by atoms with van der Waals surface area (Å²) >= 11 is 3.51. The monoisotopic (exact) mass is 373 g/mol. The predicted octanol–water partition coefficient (Wildman–Crippen LogP) is 2.92. The first kappa shape index (κ1) is 16.2. The molecule has 1 heterocycles. The second kappa shape index (κ2) is 7.25. The molecule has 23 heavy (non-hydrogen) atoms. The van der Waals surface area contributed by atoms with Gasteiger partial charge in [0.1, 0.15) is 0 Å². The van der Waals surface area contributed by atoms with E-state index in [2.05, 4.69) is 38.4 Å². The Balaban J connectivity index is 2.05. The van der Waals surface area contributed by atoms with Gasteiger partial charge < -0.3 is 16.0 Å². The lowest BCUT2D eigenvalue weighted by Gasteiger charge is -2.11. The summed E-state index contributed by atoms with van der Waals surface area (Å²) in [4.78, 5) is 15.0. The Morgan fingerprint density at radius 2 is 2.00 bits per heavy atom. The number of aromatic amines is 1. The number of pyridine rings is 1. The van der Waals surface area contributed by atoms with Crippen molar-refractivity contribution < 1.29 is 0 Å². The Morgan fingerprint density at radius 1 is 1.13 bits per heavy atom. The van der Waals surface area contributed by atoms with Crippen molar-refractivity contribution >= 4 is 37.5 Å². The van der Waals surface area contributed by atoms with Crippen LogP contribution < -0.4 is 16.6 Å². The first-order valence-corrected chi connectivity index (χ1v) is 8.63. The largest absolute Gasteiger partial charge is 0.330 e. The van der Waals surface area contributed by atoms with Crippen molar-refractivity contribution in [2.45, 2.75) is 12.8 Å². The molecule has 0 bridgehead atoms. The highest BCUT2D eigenvalue weighted by atomic mass is 79.9. The minimum atomic E-state index is -0.0433. The second-order valence-electron chi connectivity index (χ2n) is 5.64. The summed E-state index contributed by atoms with van der Waals surface area (Å²) < 4.78 is 0.979. The van der Waals surface area contributed by atoms with Gasteiger partial charge in [-0.15, -0.1) is 0 Å². The molecular formula is C18H20BrN3O. The van der Waals surface area contributed by atoms with E-state index in [1.165, 1.54) is 5.56 Å². The fourth-order valence-corrected chi connectivity index (χ4v) is 3.30. The predicted molar refractivity (Wildman–Crippen MR) is 100 cm³/mol. The Labute approximate surface area is 143 Å². The first-order valence-electron chi connectivity index (χ1n) is 7.84. The molecule has 1 aromatic heterocycles. The number of halogens is 1. The van der Waals surface area contributed by atoms with Crippen LogP contribution in [0.2, 0.25) is 0 Å². The molecule has 4 N–H and O–H groups in total. The molecule has 120 valence electrons. The van der Waals surface area contributed by atoms with E-state index in [4.69, 9.17) is 5.73 Å². The van der Waals surface area contributed by atoms with Crippen molar-refractivity contribution in [3.05, 3.63) is 56.9 Å². The van der Waals surface area contributed by atoms with Crippen LogP contribution in [0.1, 0.15) is 12.0 Å². The standard InChI is InChI=1S/C18H20BrN3O/c19-14-2-3-15-12(4-8-21-7-1-6-20)10-13-5-9-22-18(23)17(13)16(15)11-14/h2-3,5,9-11,21H,1,4,6-8,20H2,(H,22,23). The van der Waals surface area contributed by atoms with E-state index in [9.17, 15) is 4.79 Å². The average Bonchev–Trinajstić information content (AvgIpc) is 2.54. The van der Waals surface area contributed by atoms with Gasteiger partial charge >= 0.3 is 0 Å². The topological polar surface area (TPSA) is 70.9 Å². The number of nitrogens with two attached hydrogens (primary N) is 1. The summed E-state index contributed by atoms with van der Waals surface area (Å²) in [7, 11) is 0. The maximum Gasteiger partial charge on any atom is 0.256 e. The van der Waals surface area contributed by atoms with Crippen LogP contribution in [0.15, 0.2) is 45.8 Å². The zero-order chi connectivity index (χ0) is 16.2. The van der Waals surface area contributed by atoms with E-state index in [0.717, 1.165) is 51.9 Å². The molecule has 0 unspecified atom stereocenters. The minimum absolute atomic E-state index is 0.0433. The van der Waals surface area contributed by atoms with Crippen molar-refractivity contribution in [3.8, 4) is 0 Å². The van der Waals surface area contributed by atoms with Crippen LogP contribution in [-0.2, 0) is 6.42 Å². The Hall–Kier alpha value is -1.69. The third-order valence-corrected chi connectivity index (χ3v) is 4.54. The van der Waals surface area contributed by atoms with E-state index in [-0.39, 0.29) is 5.56 Å². The number of hydrogen-bond donors (Lipinski definition) is 3. The van der Waals surface area contributed by atoms with Crippen LogP contribution >= 0.6 is 15.9 Å². The number of rotatable bonds is 6. The highest BCUT2D eigenvalue weighted by Crippen LogP contribution is 2.29. The summed E-state index contributed by atoms with van der Waals surface area (Å²) in [6.07, 6.45) is 3.62. The van der Waals surface area contributed by atoms with Gasteiger partial charge in [-0.05, 0) is 72.4 Å². The van der Waals surface area contributed by atoms with Gasteiger partial charge in [0.25, 0.3) is 5.56 Å². The Bertz CT molecular complexity index is 888. The lowest BCUT2D eigenvalue weighted by molar-refractivity contribution is 0.654. The third kappa shape index (κ3) is 3.47. The van der Waals surface area contributed by atoms with Gasteiger partial charge in [-0.3, -0.25) is 4.79 Å². The fraction of sp³-hybridized carbons (Fsp3) is 0.278. The molecule has 4 nitrogen and oxygen atoms in total. The van der Waals surface area contributed by atoms with Gasteiger partial charge in [-0.1, -0.05) is 28.1 Å². The first-order chi connectivity index (χ1) is 11.2. The lowest BCUT2D eigenvalue weighted by atomic mass is 9.96. The highest BCUT2D eigenvalue weighted by molar-refractivity contribution is 9.10. The van der Waals surface area contributed by atoms with E-state index in [1.807, 2.05) is 18.2 Å². The Morgan fingerprint density at radius 3 is 2.83 bits per heavy atom. The highest BCUT2D eigenvalue weighted by Gasteiger charge is 2.09. The van der Waals surface area contributed by atoms with Crippen molar-refractivity contribution in [2.24, 2.45) is 5.73 Å². The van der Waals surface area contributed by atoms with Gasteiger partial charge in [0.15, 0.2) is 0 Å². The molecule has 5 heteroatoms. The average molecular weight is 374 g/mol. The van der Waals surface area contributed by atoms with Crippen LogP contribution in [0.4, 0.5) is 0 Å². The van der Waals surface area contributed by atoms with Crippen LogP contribution in [0.3, 0.4) is 0 Å². The SMILES string of the molecule is NCCCNCCc1cc2cc[nH]c(=O)c2c2cc(Br)ccc12. The third-order valence-electron chi connectivity index (χ3n) is 4.05. The van der Waals surface area contributed by atoms with Crippen molar-refractivity contribution in [1.82, 2.24) is 10.3 Å². The summed E-state index contributed by atoms with van der Waals surface area (Å²) in [6.45, 7) is 2.55. The van der Waals surface area contributed by atoms with E-state index in [1.54, 1.807) is 6.20 Å². The lowest BCUT2D eigenvalue weighted by Crippen LogP contribution is -2.20. The van der Waals surface area contributed by atoms with Gasteiger partial charge in [-0.25, -0.2) is 0 Å². The minimum Gasteiger partial charge on any atom is -0.330 e. The fourth-order valence-electron chi connectivity index (χ4n) is 2.94. The molecule has 2 aromatic carbocycles. The summed E-state index contributed by atoms with van der Waals surface area (Å²) in [5, 5.41) is 7.28. The van der Waals surface area contributed by atoms with Crippen LogP contribution in [0, 0.1) is 0 Å². The van der Waals surface area contributed by atoms with E-state index >= 15 is 0 Å². The van der Waals surface area contributed by atoms with E-state index < -0.39 is 0 Å². The second-order valence-corrected chi connectivity index (χ2v) is 6.55. The molecule has 0 spiro atoms. The molecule has 0 aliphatic carbocycles. The van der Waals surface area contributed by atoms with Gasteiger partial charge in [0.05, 0.1) is 5.39 Å². The van der Waals surface area contributed by atoms with Crippen LogP contribution in [-0.4, -0.2) is 24.6 Å². The molecule has 0 fully saturated rings. The number of benzene rings is 2. The zero-order valence-electron chi connectivity index (χ0n) is 12.9. The zero-order valence-corrected chi connectivity index (χ0v) is 14.4. The van der Waals surface area contributed by atoms with Crippen molar-refractivity contribution in [2.75, 3.05) is 19.6 Å².